The van der Waals surface area contributed by atoms with Gasteiger partial charge in [0.1, 0.15) is 23.7 Å². The van der Waals surface area contributed by atoms with Crippen molar-refractivity contribution in [2.45, 2.75) is 38.7 Å². The topological polar surface area (TPSA) is 90.5 Å². The third kappa shape index (κ3) is 4.41. The fourth-order valence-electron chi connectivity index (χ4n) is 3.72. The first-order valence-corrected chi connectivity index (χ1v) is 10.7. The summed E-state index contributed by atoms with van der Waals surface area (Å²) in [6, 6.07) is 7.43. The van der Waals surface area contributed by atoms with Crippen LogP contribution in [0.25, 0.3) is 17.2 Å². The Balaban J connectivity index is 1.40. The summed E-state index contributed by atoms with van der Waals surface area (Å²) in [6.07, 6.45) is 4.38. The molecule has 1 aliphatic rings. The molecule has 1 fully saturated rings. The van der Waals surface area contributed by atoms with E-state index in [0.29, 0.717) is 17.2 Å². The molecule has 11 heteroatoms. The smallest absolute Gasteiger partial charge is 0.259 e. The van der Waals surface area contributed by atoms with Crippen LogP contribution in [0, 0.1) is 12.7 Å². The zero-order valence-electron chi connectivity index (χ0n) is 18.1. The molecule has 1 aliphatic carbocycles. The molecule has 0 saturated heterocycles. The van der Waals surface area contributed by atoms with Crippen LogP contribution in [0.4, 0.5) is 19.0 Å². The number of halogens is 3. The van der Waals surface area contributed by atoms with Gasteiger partial charge in [0.25, 0.3) is 12.3 Å². The molecule has 3 heterocycles. The Morgan fingerprint density at radius 2 is 2.06 bits per heavy atom. The zero-order valence-corrected chi connectivity index (χ0v) is 18.1. The number of hydrogen-bond acceptors (Lipinski definition) is 5. The largest absolute Gasteiger partial charge is 0.307 e. The molecule has 0 spiro atoms. The van der Waals surface area contributed by atoms with Crippen LogP contribution in [0.5, 0.6) is 0 Å². The van der Waals surface area contributed by atoms with Gasteiger partial charge >= 0.3 is 0 Å². The van der Waals surface area contributed by atoms with Crippen molar-refractivity contribution in [1.82, 2.24) is 29.3 Å². The maximum absolute atomic E-state index is 14.7. The van der Waals surface area contributed by atoms with Gasteiger partial charge in [-0.15, -0.1) is 10.2 Å². The summed E-state index contributed by atoms with van der Waals surface area (Å²) in [5.41, 5.74) is 2.37. The molecule has 0 bridgehead atoms. The van der Waals surface area contributed by atoms with Crippen LogP contribution < -0.4 is 5.32 Å². The molecular formula is C23H20F3N7O. The average molecular weight is 467 g/mol. The normalized spacial score (nSPS) is 13.4. The summed E-state index contributed by atoms with van der Waals surface area (Å²) >= 11 is 0. The Morgan fingerprint density at radius 3 is 2.82 bits per heavy atom. The third-order valence-electron chi connectivity index (χ3n) is 5.58. The van der Waals surface area contributed by atoms with Crippen molar-refractivity contribution >= 4 is 11.7 Å². The molecule has 0 unspecified atom stereocenters. The summed E-state index contributed by atoms with van der Waals surface area (Å²) < 4.78 is 43.3. The number of pyridine rings is 1. The molecule has 3 aromatic heterocycles. The number of carbonyl (C=O) groups excluding carboxylic acids is 1. The Kier molecular flexibility index (Phi) is 5.60. The number of nitrogens with zero attached hydrogens (tertiary/aromatic N) is 6. The van der Waals surface area contributed by atoms with Gasteiger partial charge in [-0.05, 0) is 49.6 Å². The van der Waals surface area contributed by atoms with E-state index in [0.717, 1.165) is 18.5 Å². The first-order valence-electron chi connectivity index (χ1n) is 10.7. The van der Waals surface area contributed by atoms with Gasteiger partial charge in [0.2, 0.25) is 0 Å². The SMILES string of the molecule is Cc1cc(F)c(C(=O)Nc2cccc(-c3nncn3CC(F)F)n2)cc1-n1cnc(C2CC2)c1. The van der Waals surface area contributed by atoms with E-state index in [1.807, 2.05) is 6.20 Å². The van der Waals surface area contributed by atoms with E-state index in [9.17, 15) is 18.0 Å². The standard InChI is InChI=1S/C23H20F3N7O/c1-13-7-16(24)15(8-19(13)32-9-18(27-11-32)14-5-6-14)23(34)30-21-4-2-3-17(29-21)22-31-28-12-33(22)10-20(25)26/h2-4,7-9,11-12,14,20H,5-6,10H2,1H3,(H,29,30,34). The maximum atomic E-state index is 14.7. The van der Waals surface area contributed by atoms with Crippen molar-refractivity contribution in [3.63, 3.8) is 0 Å². The van der Waals surface area contributed by atoms with Crippen LogP contribution in [0.1, 0.15) is 40.4 Å². The lowest BCUT2D eigenvalue weighted by molar-refractivity contribution is 0.102. The zero-order chi connectivity index (χ0) is 23.8. The molecule has 0 aliphatic heterocycles. The van der Waals surface area contributed by atoms with Gasteiger partial charge in [0.15, 0.2) is 5.82 Å². The highest BCUT2D eigenvalue weighted by atomic mass is 19.3. The minimum atomic E-state index is -2.59. The summed E-state index contributed by atoms with van der Waals surface area (Å²) in [7, 11) is 0. The van der Waals surface area contributed by atoms with Crippen LogP contribution >= 0.6 is 0 Å². The van der Waals surface area contributed by atoms with Crippen LogP contribution in [-0.2, 0) is 6.54 Å². The fraction of sp³-hybridized carbons (Fsp3) is 0.261. The molecular weight excluding hydrogens is 447 g/mol. The van der Waals surface area contributed by atoms with E-state index >= 15 is 0 Å². The third-order valence-corrected chi connectivity index (χ3v) is 5.58. The van der Waals surface area contributed by atoms with E-state index in [2.05, 4.69) is 25.5 Å². The second-order valence-electron chi connectivity index (χ2n) is 8.16. The molecule has 34 heavy (non-hydrogen) atoms. The fourth-order valence-corrected chi connectivity index (χ4v) is 3.72. The van der Waals surface area contributed by atoms with Gasteiger partial charge in [0, 0.05) is 12.1 Å². The summed E-state index contributed by atoms with van der Waals surface area (Å²) in [6.45, 7) is 1.17. The number of benzene rings is 1. The van der Waals surface area contributed by atoms with Gasteiger partial charge < -0.3 is 14.5 Å². The van der Waals surface area contributed by atoms with Crippen molar-refractivity contribution in [3.8, 4) is 17.2 Å². The molecule has 174 valence electrons. The van der Waals surface area contributed by atoms with Crippen LogP contribution in [-0.4, -0.2) is 41.6 Å². The van der Waals surface area contributed by atoms with E-state index in [4.69, 9.17) is 0 Å². The number of alkyl halides is 2. The van der Waals surface area contributed by atoms with Crippen molar-refractivity contribution in [2.24, 2.45) is 0 Å². The second kappa shape index (κ2) is 8.73. The number of rotatable bonds is 7. The van der Waals surface area contributed by atoms with Crippen molar-refractivity contribution in [1.29, 1.82) is 0 Å². The first kappa shape index (κ1) is 21.8. The van der Waals surface area contributed by atoms with Gasteiger partial charge in [-0.25, -0.2) is 23.1 Å². The molecule has 1 N–H and O–H groups in total. The molecule has 0 radical (unpaired) electrons. The number of aromatic nitrogens is 6. The van der Waals surface area contributed by atoms with Gasteiger partial charge in [-0.1, -0.05) is 6.07 Å². The van der Waals surface area contributed by atoms with Crippen molar-refractivity contribution in [3.05, 3.63) is 71.8 Å². The number of amides is 1. The van der Waals surface area contributed by atoms with E-state index < -0.39 is 24.7 Å². The Hall–Kier alpha value is -4.02. The predicted octanol–water partition coefficient (Wildman–Crippen LogP) is 4.37. The number of carbonyl (C=O) groups is 1. The van der Waals surface area contributed by atoms with Gasteiger partial charge in [-0.2, -0.15) is 0 Å². The Bertz CT molecular complexity index is 1360. The van der Waals surface area contributed by atoms with E-state index in [-0.39, 0.29) is 22.9 Å². The molecule has 1 amide bonds. The minimum Gasteiger partial charge on any atom is -0.307 e. The lowest BCUT2D eigenvalue weighted by Gasteiger charge is -2.12. The predicted molar refractivity (Wildman–Crippen MR) is 117 cm³/mol. The monoisotopic (exact) mass is 467 g/mol. The molecule has 0 atom stereocenters. The number of anilines is 1. The number of aryl methyl sites for hydroxylation is 1. The number of nitrogens with one attached hydrogen (secondary N) is 1. The molecule has 8 nitrogen and oxygen atoms in total. The highest BCUT2D eigenvalue weighted by molar-refractivity contribution is 6.04. The summed E-state index contributed by atoms with van der Waals surface area (Å²) in [4.78, 5) is 21.6. The second-order valence-corrected chi connectivity index (χ2v) is 8.16. The van der Waals surface area contributed by atoms with Crippen LogP contribution in [0.3, 0.4) is 0 Å². The van der Waals surface area contributed by atoms with E-state index in [1.165, 1.54) is 29.1 Å². The molecule has 1 saturated carbocycles. The van der Waals surface area contributed by atoms with Crippen molar-refractivity contribution < 1.29 is 18.0 Å². The maximum Gasteiger partial charge on any atom is 0.259 e. The summed E-state index contributed by atoms with van der Waals surface area (Å²) in [5, 5.41) is 10.1. The van der Waals surface area contributed by atoms with Crippen LogP contribution in [0.15, 0.2) is 49.2 Å². The van der Waals surface area contributed by atoms with Crippen LogP contribution in [0.2, 0.25) is 0 Å². The van der Waals surface area contributed by atoms with Gasteiger partial charge in [-0.3, -0.25) is 4.79 Å². The highest BCUT2D eigenvalue weighted by Crippen LogP contribution is 2.39. The minimum absolute atomic E-state index is 0.120. The first-order chi connectivity index (χ1) is 16.4. The Labute approximate surface area is 192 Å². The Morgan fingerprint density at radius 1 is 1.24 bits per heavy atom. The average Bonchev–Trinajstić information content (AvgIpc) is 3.34. The summed E-state index contributed by atoms with van der Waals surface area (Å²) in [5.74, 6) is -0.648. The highest BCUT2D eigenvalue weighted by Gasteiger charge is 2.26. The lowest BCUT2D eigenvalue weighted by Crippen LogP contribution is -2.16. The molecule has 1 aromatic carbocycles. The molecule has 5 rings (SSSR count). The quantitative estimate of drug-likeness (QED) is 0.436. The van der Waals surface area contributed by atoms with Gasteiger partial charge in [0.05, 0.1) is 29.8 Å². The molecule has 4 aromatic rings. The number of imidazole rings is 1. The van der Waals surface area contributed by atoms with Crippen molar-refractivity contribution in [2.75, 3.05) is 5.32 Å². The lowest BCUT2D eigenvalue weighted by atomic mass is 10.1. The van der Waals surface area contributed by atoms with E-state index in [1.54, 1.807) is 30.0 Å². The number of hydrogen-bond donors (Lipinski definition) is 1.